The fourth-order valence-electron chi connectivity index (χ4n) is 4.17. The Morgan fingerprint density at radius 1 is 1.19 bits per heavy atom. The molecule has 5 heteroatoms. The number of nitrogens with one attached hydrogen (secondary N) is 2. The molecule has 0 bridgehead atoms. The van der Waals surface area contributed by atoms with Crippen molar-refractivity contribution in [2.75, 3.05) is 46.4 Å². The van der Waals surface area contributed by atoms with Crippen LogP contribution in [0.2, 0.25) is 0 Å². The van der Waals surface area contributed by atoms with Crippen molar-refractivity contribution in [3.8, 4) is 0 Å². The van der Waals surface area contributed by atoms with Gasteiger partial charge in [0.25, 0.3) is 0 Å². The predicted octanol–water partition coefficient (Wildman–Crippen LogP) is 1.50. The molecule has 2 N–H and O–H groups in total. The lowest BCUT2D eigenvalue weighted by Crippen LogP contribution is -2.51. The van der Waals surface area contributed by atoms with Crippen LogP contribution in [0.5, 0.6) is 0 Å². The van der Waals surface area contributed by atoms with Gasteiger partial charge in [0.15, 0.2) is 0 Å². The van der Waals surface area contributed by atoms with Crippen molar-refractivity contribution >= 4 is 12.4 Å². The summed E-state index contributed by atoms with van der Waals surface area (Å²) in [6.45, 7) is 6.61. The van der Waals surface area contributed by atoms with E-state index in [4.69, 9.17) is 4.74 Å². The molecule has 4 nitrogen and oxygen atoms in total. The van der Waals surface area contributed by atoms with Crippen molar-refractivity contribution in [1.29, 1.82) is 0 Å². The third kappa shape index (κ3) is 4.80. The second kappa shape index (κ2) is 8.68. The molecular formula is C16H32ClN3O. The number of hydrogen-bond acceptors (Lipinski definition) is 4. The predicted molar refractivity (Wildman–Crippen MR) is 89.2 cm³/mol. The van der Waals surface area contributed by atoms with Gasteiger partial charge in [0, 0.05) is 18.6 Å². The molecule has 0 aromatic carbocycles. The molecule has 3 unspecified atom stereocenters. The lowest BCUT2D eigenvalue weighted by atomic mass is 9.92. The Kier molecular flexibility index (Phi) is 7.23. The third-order valence-corrected chi connectivity index (χ3v) is 5.54. The van der Waals surface area contributed by atoms with Crippen LogP contribution in [0.3, 0.4) is 0 Å². The Morgan fingerprint density at radius 2 is 2.00 bits per heavy atom. The molecule has 2 heterocycles. The topological polar surface area (TPSA) is 36.5 Å². The Hall–Kier alpha value is 0.130. The van der Waals surface area contributed by atoms with Gasteiger partial charge < -0.3 is 20.3 Å². The standard InChI is InChI=1S/C16H31N3O.ClH/c1-19-8-5-13(6-9-19)11-18-15-4-2-3-14(15)16-12-20-10-7-17-16;/h13-18H,2-12H2,1H3;1H. The summed E-state index contributed by atoms with van der Waals surface area (Å²) >= 11 is 0. The van der Waals surface area contributed by atoms with E-state index in [-0.39, 0.29) is 12.4 Å². The summed E-state index contributed by atoms with van der Waals surface area (Å²) in [5.74, 6) is 1.67. The lowest BCUT2D eigenvalue weighted by Gasteiger charge is -2.34. The summed E-state index contributed by atoms with van der Waals surface area (Å²) in [7, 11) is 2.24. The van der Waals surface area contributed by atoms with Crippen LogP contribution in [-0.2, 0) is 4.74 Å². The number of morpholine rings is 1. The first-order valence-electron chi connectivity index (χ1n) is 8.56. The molecule has 0 spiro atoms. The SMILES string of the molecule is CN1CCC(CNC2CCCC2C2COCCN2)CC1.Cl. The van der Waals surface area contributed by atoms with Crippen molar-refractivity contribution in [2.24, 2.45) is 11.8 Å². The number of piperidine rings is 1. The fraction of sp³-hybridized carbons (Fsp3) is 1.00. The van der Waals surface area contributed by atoms with Crippen LogP contribution >= 0.6 is 12.4 Å². The minimum atomic E-state index is 0. The molecule has 2 saturated heterocycles. The van der Waals surface area contributed by atoms with Gasteiger partial charge in [-0.05, 0) is 64.2 Å². The molecule has 2 aliphatic heterocycles. The van der Waals surface area contributed by atoms with Crippen molar-refractivity contribution in [3.05, 3.63) is 0 Å². The summed E-state index contributed by atoms with van der Waals surface area (Å²) in [4.78, 5) is 2.46. The number of ether oxygens (including phenoxy) is 1. The minimum Gasteiger partial charge on any atom is -0.379 e. The number of hydrogen-bond donors (Lipinski definition) is 2. The molecule has 0 aromatic rings. The maximum absolute atomic E-state index is 5.65. The molecule has 3 aliphatic rings. The van der Waals surface area contributed by atoms with Gasteiger partial charge in [-0.3, -0.25) is 0 Å². The normalized spacial score (nSPS) is 35.6. The van der Waals surface area contributed by atoms with Crippen LogP contribution in [0.4, 0.5) is 0 Å². The zero-order valence-electron chi connectivity index (χ0n) is 13.4. The van der Waals surface area contributed by atoms with Crippen LogP contribution in [0.15, 0.2) is 0 Å². The van der Waals surface area contributed by atoms with Gasteiger partial charge in [-0.25, -0.2) is 0 Å². The lowest BCUT2D eigenvalue weighted by molar-refractivity contribution is 0.0520. The number of halogens is 1. The van der Waals surface area contributed by atoms with E-state index in [1.807, 2.05) is 0 Å². The summed E-state index contributed by atoms with van der Waals surface area (Å²) < 4.78 is 5.65. The highest BCUT2D eigenvalue weighted by atomic mass is 35.5. The number of rotatable bonds is 4. The molecular weight excluding hydrogens is 286 g/mol. The highest BCUT2D eigenvalue weighted by molar-refractivity contribution is 5.85. The van der Waals surface area contributed by atoms with Crippen molar-refractivity contribution in [3.63, 3.8) is 0 Å². The second-order valence-corrected chi connectivity index (χ2v) is 6.99. The largest absolute Gasteiger partial charge is 0.379 e. The molecule has 124 valence electrons. The average Bonchev–Trinajstić information content (AvgIpc) is 2.96. The molecule has 1 saturated carbocycles. The summed E-state index contributed by atoms with van der Waals surface area (Å²) in [6, 6.07) is 1.30. The first kappa shape index (κ1) is 17.5. The highest BCUT2D eigenvalue weighted by Gasteiger charge is 2.34. The van der Waals surface area contributed by atoms with E-state index in [9.17, 15) is 0 Å². The van der Waals surface area contributed by atoms with Gasteiger partial charge in [-0.15, -0.1) is 12.4 Å². The zero-order chi connectivity index (χ0) is 13.8. The van der Waals surface area contributed by atoms with Crippen molar-refractivity contribution in [2.45, 2.75) is 44.2 Å². The summed E-state index contributed by atoms with van der Waals surface area (Å²) in [5, 5.41) is 7.56. The quantitative estimate of drug-likeness (QED) is 0.824. The van der Waals surface area contributed by atoms with E-state index in [1.165, 1.54) is 51.7 Å². The van der Waals surface area contributed by atoms with E-state index < -0.39 is 0 Å². The molecule has 0 amide bonds. The summed E-state index contributed by atoms with van der Waals surface area (Å²) in [5.41, 5.74) is 0. The van der Waals surface area contributed by atoms with E-state index in [2.05, 4.69) is 22.6 Å². The van der Waals surface area contributed by atoms with Crippen LogP contribution in [0.1, 0.15) is 32.1 Å². The third-order valence-electron chi connectivity index (χ3n) is 5.54. The van der Waals surface area contributed by atoms with E-state index in [0.29, 0.717) is 12.1 Å². The zero-order valence-corrected chi connectivity index (χ0v) is 14.2. The Balaban J connectivity index is 0.00000161. The molecule has 0 aromatic heterocycles. The Labute approximate surface area is 135 Å². The average molecular weight is 318 g/mol. The first-order chi connectivity index (χ1) is 9.83. The highest BCUT2D eigenvalue weighted by Crippen LogP contribution is 2.30. The molecule has 21 heavy (non-hydrogen) atoms. The maximum atomic E-state index is 5.65. The van der Waals surface area contributed by atoms with E-state index in [0.717, 1.165) is 31.6 Å². The van der Waals surface area contributed by atoms with Gasteiger partial charge in [0.2, 0.25) is 0 Å². The van der Waals surface area contributed by atoms with Crippen LogP contribution in [0.25, 0.3) is 0 Å². The van der Waals surface area contributed by atoms with Gasteiger partial charge >= 0.3 is 0 Å². The van der Waals surface area contributed by atoms with Gasteiger partial charge in [0.1, 0.15) is 0 Å². The van der Waals surface area contributed by atoms with E-state index in [1.54, 1.807) is 0 Å². The van der Waals surface area contributed by atoms with Crippen LogP contribution < -0.4 is 10.6 Å². The van der Waals surface area contributed by atoms with Gasteiger partial charge in [-0.2, -0.15) is 0 Å². The van der Waals surface area contributed by atoms with Crippen molar-refractivity contribution in [1.82, 2.24) is 15.5 Å². The van der Waals surface area contributed by atoms with Gasteiger partial charge in [-0.1, -0.05) is 6.42 Å². The van der Waals surface area contributed by atoms with Gasteiger partial charge in [0.05, 0.1) is 13.2 Å². The minimum absolute atomic E-state index is 0. The van der Waals surface area contributed by atoms with Crippen LogP contribution in [0, 0.1) is 11.8 Å². The number of likely N-dealkylation sites (tertiary alicyclic amines) is 1. The first-order valence-corrected chi connectivity index (χ1v) is 8.56. The monoisotopic (exact) mass is 317 g/mol. The summed E-state index contributed by atoms with van der Waals surface area (Å²) in [6.07, 6.45) is 6.84. The van der Waals surface area contributed by atoms with Crippen LogP contribution in [-0.4, -0.2) is 63.4 Å². The molecule has 3 fully saturated rings. The van der Waals surface area contributed by atoms with E-state index >= 15 is 0 Å². The number of nitrogens with zero attached hydrogens (tertiary/aromatic N) is 1. The maximum Gasteiger partial charge on any atom is 0.0623 e. The second-order valence-electron chi connectivity index (χ2n) is 6.99. The molecule has 0 radical (unpaired) electrons. The Bertz CT molecular complexity index is 291. The smallest absolute Gasteiger partial charge is 0.0623 e. The Morgan fingerprint density at radius 3 is 2.71 bits per heavy atom. The molecule has 3 rings (SSSR count). The van der Waals surface area contributed by atoms with Crippen molar-refractivity contribution < 1.29 is 4.74 Å². The fourth-order valence-corrected chi connectivity index (χ4v) is 4.17. The molecule has 1 aliphatic carbocycles. The molecule has 3 atom stereocenters.